The summed E-state index contributed by atoms with van der Waals surface area (Å²) >= 11 is 1.78. The van der Waals surface area contributed by atoms with E-state index in [0.717, 1.165) is 35.8 Å². The first-order valence-corrected chi connectivity index (χ1v) is 7.76. The van der Waals surface area contributed by atoms with Gasteiger partial charge in [0.15, 0.2) is 0 Å². The number of methoxy groups -OCH3 is 1. The van der Waals surface area contributed by atoms with E-state index >= 15 is 0 Å². The topological polar surface area (TPSA) is 34.2 Å². The van der Waals surface area contributed by atoms with E-state index in [4.69, 9.17) is 4.74 Å². The molecule has 0 aliphatic heterocycles. The third-order valence-electron chi connectivity index (χ3n) is 2.84. The summed E-state index contributed by atoms with van der Waals surface area (Å²) in [6.07, 6.45) is 2.99. The van der Waals surface area contributed by atoms with Gasteiger partial charge in [0.2, 0.25) is 0 Å². The number of ether oxygens (including phenoxy) is 1. The highest BCUT2D eigenvalue weighted by atomic mass is 32.2. The molecule has 0 atom stereocenters. The molecule has 1 heterocycles. The van der Waals surface area contributed by atoms with E-state index in [1.165, 1.54) is 4.90 Å². The average molecular weight is 288 g/mol. The van der Waals surface area contributed by atoms with Crippen LogP contribution in [0.2, 0.25) is 0 Å². The van der Waals surface area contributed by atoms with Crippen LogP contribution in [0.3, 0.4) is 0 Å². The molecule has 0 radical (unpaired) electrons. The molecule has 0 amide bonds. The predicted molar refractivity (Wildman–Crippen MR) is 85.6 cm³/mol. The zero-order valence-electron chi connectivity index (χ0n) is 11.9. The van der Waals surface area contributed by atoms with Crippen molar-refractivity contribution in [2.45, 2.75) is 24.0 Å². The van der Waals surface area contributed by atoms with Gasteiger partial charge in [-0.3, -0.25) is 4.98 Å². The maximum Gasteiger partial charge on any atom is 0.118 e. The van der Waals surface area contributed by atoms with Gasteiger partial charge in [-0.1, -0.05) is 6.92 Å². The van der Waals surface area contributed by atoms with Crippen LogP contribution in [-0.4, -0.2) is 18.6 Å². The summed E-state index contributed by atoms with van der Waals surface area (Å²) in [5, 5.41) is 3.38. The number of hydrogen-bond donors (Lipinski definition) is 1. The highest BCUT2D eigenvalue weighted by Gasteiger charge is 2.00. The second kappa shape index (κ2) is 7.80. The molecule has 0 bridgehead atoms. The van der Waals surface area contributed by atoms with Crippen LogP contribution in [0.25, 0.3) is 0 Å². The van der Waals surface area contributed by atoms with Crippen molar-refractivity contribution in [2.24, 2.45) is 0 Å². The molecule has 0 unspecified atom stereocenters. The number of anilines is 1. The number of thioether (sulfide) groups is 1. The van der Waals surface area contributed by atoms with Crippen LogP contribution >= 0.6 is 11.8 Å². The molecule has 2 aromatic rings. The zero-order chi connectivity index (χ0) is 14.2. The first-order chi connectivity index (χ1) is 9.81. The Morgan fingerprint density at radius 1 is 1.20 bits per heavy atom. The Bertz CT molecular complexity index is 528. The summed E-state index contributed by atoms with van der Waals surface area (Å²) in [6, 6.07) is 12.2. The molecule has 0 spiro atoms. The van der Waals surface area contributed by atoms with E-state index in [2.05, 4.69) is 35.4 Å². The summed E-state index contributed by atoms with van der Waals surface area (Å²) < 4.78 is 5.16. The van der Waals surface area contributed by atoms with Crippen LogP contribution in [0.15, 0.2) is 47.5 Å². The van der Waals surface area contributed by atoms with Crippen LogP contribution in [0.4, 0.5) is 5.69 Å². The maximum atomic E-state index is 5.16. The number of rotatable bonds is 7. The SMILES string of the molecule is CCCNc1ccnc(CSc2ccc(OC)cc2)c1. The van der Waals surface area contributed by atoms with Gasteiger partial charge >= 0.3 is 0 Å². The van der Waals surface area contributed by atoms with E-state index in [1.807, 2.05) is 24.4 Å². The number of pyridine rings is 1. The molecule has 0 saturated heterocycles. The normalized spacial score (nSPS) is 10.3. The Morgan fingerprint density at radius 3 is 2.70 bits per heavy atom. The standard InChI is InChI=1S/C16H20N2OS/c1-3-9-17-13-8-10-18-14(11-13)12-20-16-6-4-15(19-2)5-7-16/h4-8,10-11H,3,9,12H2,1-2H3,(H,17,18). The predicted octanol–water partition coefficient (Wildman–Crippen LogP) is 4.20. The van der Waals surface area contributed by atoms with Crippen molar-refractivity contribution in [3.63, 3.8) is 0 Å². The summed E-state index contributed by atoms with van der Waals surface area (Å²) in [6.45, 7) is 3.16. The maximum absolute atomic E-state index is 5.16. The lowest BCUT2D eigenvalue weighted by Gasteiger charge is -2.07. The van der Waals surface area contributed by atoms with Crippen molar-refractivity contribution in [3.05, 3.63) is 48.3 Å². The molecule has 4 heteroatoms. The minimum atomic E-state index is 0.869. The van der Waals surface area contributed by atoms with Gasteiger partial charge in [-0.25, -0.2) is 0 Å². The fourth-order valence-corrected chi connectivity index (χ4v) is 2.57. The quantitative estimate of drug-likeness (QED) is 0.774. The zero-order valence-corrected chi connectivity index (χ0v) is 12.7. The van der Waals surface area contributed by atoms with Gasteiger partial charge in [0.05, 0.1) is 12.8 Å². The Hall–Kier alpha value is -1.68. The lowest BCUT2D eigenvalue weighted by molar-refractivity contribution is 0.414. The second-order valence-corrected chi connectivity index (χ2v) is 5.48. The Kier molecular flexibility index (Phi) is 5.74. The van der Waals surface area contributed by atoms with Crippen molar-refractivity contribution in [1.82, 2.24) is 4.98 Å². The number of benzene rings is 1. The molecule has 1 aromatic heterocycles. The van der Waals surface area contributed by atoms with Gasteiger partial charge in [0.1, 0.15) is 5.75 Å². The first kappa shape index (κ1) is 14.7. The van der Waals surface area contributed by atoms with E-state index in [9.17, 15) is 0 Å². The third kappa shape index (κ3) is 4.46. The smallest absolute Gasteiger partial charge is 0.118 e. The lowest BCUT2D eigenvalue weighted by Crippen LogP contribution is -2.00. The average Bonchev–Trinajstić information content (AvgIpc) is 2.52. The molecule has 2 rings (SSSR count). The van der Waals surface area contributed by atoms with E-state index < -0.39 is 0 Å². The van der Waals surface area contributed by atoms with Gasteiger partial charge in [0.25, 0.3) is 0 Å². The lowest BCUT2D eigenvalue weighted by atomic mass is 10.3. The molecule has 106 valence electrons. The van der Waals surface area contributed by atoms with Gasteiger partial charge < -0.3 is 10.1 Å². The Morgan fingerprint density at radius 2 is 2.00 bits per heavy atom. The fourth-order valence-electron chi connectivity index (χ4n) is 1.77. The number of hydrogen-bond acceptors (Lipinski definition) is 4. The van der Waals surface area contributed by atoms with E-state index in [0.29, 0.717) is 0 Å². The summed E-state index contributed by atoms with van der Waals surface area (Å²) in [4.78, 5) is 5.63. The fraction of sp³-hybridized carbons (Fsp3) is 0.312. The molecule has 0 fully saturated rings. The van der Waals surface area contributed by atoms with Crippen molar-refractivity contribution in [2.75, 3.05) is 19.0 Å². The van der Waals surface area contributed by atoms with E-state index in [-0.39, 0.29) is 0 Å². The van der Waals surface area contributed by atoms with Crippen LogP contribution in [0.5, 0.6) is 5.75 Å². The Balaban J connectivity index is 1.92. The summed E-state index contributed by atoms with van der Waals surface area (Å²) in [5.74, 6) is 1.76. The first-order valence-electron chi connectivity index (χ1n) is 6.77. The number of nitrogens with one attached hydrogen (secondary N) is 1. The molecular weight excluding hydrogens is 268 g/mol. The monoisotopic (exact) mass is 288 g/mol. The molecule has 3 nitrogen and oxygen atoms in total. The van der Waals surface area contributed by atoms with Crippen molar-refractivity contribution < 1.29 is 4.74 Å². The molecule has 1 aromatic carbocycles. The molecule has 1 N–H and O–H groups in total. The van der Waals surface area contributed by atoms with Gasteiger partial charge in [-0.2, -0.15) is 0 Å². The number of nitrogens with zero attached hydrogens (tertiary/aromatic N) is 1. The third-order valence-corrected chi connectivity index (χ3v) is 3.89. The Labute approximate surface area is 124 Å². The van der Waals surface area contributed by atoms with Crippen LogP contribution in [0.1, 0.15) is 19.0 Å². The van der Waals surface area contributed by atoms with Crippen LogP contribution in [0, 0.1) is 0 Å². The summed E-state index contributed by atoms with van der Waals surface area (Å²) in [5.41, 5.74) is 2.24. The van der Waals surface area contributed by atoms with Gasteiger partial charge in [0, 0.05) is 29.1 Å². The molecular formula is C16H20N2OS. The molecule has 0 aliphatic rings. The highest BCUT2D eigenvalue weighted by molar-refractivity contribution is 7.98. The minimum absolute atomic E-state index is 0.869. The second-order valence-electron chi connectivity index (χ2n) is 4.43. The van der Waals surface area contributed by atoms with Crippen molar-refractivity contribution >= 4 is 17.4 Å². The molecule has 0 saturated carbocycles. The number of aromatic nitrogens is 1. The van der Waals surface area contributed by atoms with Crippen molar-refractivity contribution in [1.29, 1.82) is 0 Å². The van der Waals surface area contributed by atoms with E-state index in [1.54, 1.807) is 18.9 Å². The largest absolute Gasteiger partial charge is 0.497 e. The van der Waals surface area contributed by atoms with Gasteiger partial charge in [-0.05, 0) is 42.8 Å². The minimum Gasteiger partial charge on any atom is -0.497 e. The molecule has 0 aliphatic carbocycles. The molecule has 20 heavy (non-hydrogen) atoms. The van der Waals surface area contributed by atoms with Crippen LogP contribution in [-0.2, 0) is 5.75 Å². The van der Waals surface area contributed by atoms with Crippen LogP contribution < -0.4 is 10.1 Å². The van der Waals surface area contributed by atoms with Crippen molar-refractivity contribution in [3.8, 4) is 5.75 Å². The highest BCUT2D eigenvalue weighted by Crippen LogP contribution is 2.24. The van der Waals surface area contributed by atoms with Gasteiger partial charge in [-0.15, -0.1) is 11.8 Å². The summed E-state index contributed by atoms with van der Waals surface area (Å²) in [7, 11) is 1.68.